The highest BCUT2D eigenvalue weighted by Crippen LogP contribution is 2.38. The van der Waals surface area contributed by atoms with Crippen LogP contribution >= 0.6 is 15.9 Å². The highest BCUT2D eigenvalue weighted by atomic mass is 79.9. The van der Waals surface area contributed by atoms with Gasteiger partial charge in [0.15, 0.2) is 12.5 Å². The van der Waals surface area contributed by atoms with Crippen LogP contribution in [0.3, 0.4) is 0 Å². The van der Waals surface area contributed by atoms with Crippen molar-refractivity contribution in [3.63, 3.8) is 0 Å². The Labute approximate surface area is 453 Å². The van der Waals surface area contributed by atoms with Gasteiger partial charge in [0.25, 0.3) is 0 Å². The van der Waals surface area contributed by atoms with Gasteiger partial charge in [-0.25, -0.2) is 19.0 Å². The number of ether oxygens (including phenoxy) is 6. The van der Waals surface area contributed by atoms with E-state index >= 15 is 0 Å². The number of fused-ring (bicyclic) bond motifs is 2. The summed E-state index contributed by atoms with van der Waals surface area (Å²) in [6, 6.07) is 21.0. The smallest absolute Gasteiger partial charge is 0.488 e. The van der Waals surface area contributed by atoms with Gasteiger partial charge in [-0.05, 0) is 158 Å². The van der Waals surface area contributed by atoms with Gasteiger partial charge in [0.05, 0.1) is 47.4 Å². The van der Waals surface area contributed by atoms with E-state index < -0.39 is 18.3 Å². The molecule has 18 nitrogen and oxygen atoms in total. The number of likely N-dealkylation sites (tertiary alicyclic amines) is 2. The zero-order chi connectivity index (χ0) is 54.1. The highest BCUT2D eigenvalue weighted by molar-refractivity contribution is 9.10. The molecule has 0 radical (unpaired) electrons. The monoisotopic (exact) mass is 1110 g/mol. The number of hydrogen-bond donors (Lipinski definition) is 4. The molecule has 0 saturated carbocycles. The van der Waals surface area contributed by atoms with Crippen LogP contribution in [0.5, 0.6) is 23.0 Å². The van der Waals surface area contributed by atoms with Crippen molar-refractivity contribution in [3.05, 3.63) is 89.7 Å². The number of hydrogen-bond acceptors (Lipinski definition) is 14. The van der Waals surface area contributed by atoms with Gasteiger partial charge < -0.3 is 58.5 Å². The average molecular weight is 1110 g/mol. The van der Waals surface area contributed by atoms with Crippen LogP contribution in [0.25, 0.3) is 32.9 Å². The molecule has 2 unspecified atom stereocenters. The van der Waals surface area contributed by atoms with Crippen molar-refractivity contribution in [3.8, 4) is 34.1 Å². The highest BCUT2D eigenvalue weighted by Gasteiger charge is 2.32. The Balaban J connectivity index is 0.000000172. The molecule has 4 aliphatic heterocycles. The number of carbonyl (C=O) groups excluding carboxylic acids is 2. The fourth-order valence-corrected chi connectivity index (χ4v) is 9.95. The van der Waals surface area contributed by atoms with Crippen molar-refractivity contribution in [2.24, 2.45) is 11.8 Å². The Bertz CT molecular complexity index is 2870. The molecule has 4 N–H and O–H groups in total. The van der Waals surface area contributed by atoms with Crippen LogP contribution in [-0.4, -0.2) is 133 Å². The van der Waals surface area contributed by atoms with Gasteiger partial charge in [-0.1, -0.05) is 40.2 Å². The zero-order valence-corrected chi connectivity index (χ0v) is 46.0. The van der Waals surface area contributed by atoms with Crippen molar-refractivity contribution in [1.82, 2.24) is 29.4 Å². The van der Waals surface area contributed by atoms with E-state index in [4.69, 9.17) is 43.6 Å². The summed E-state index contributed by atoms with van der Waals surface area (Å²) >= 11 is 3.60. The predicted octanol–water partition coefficient (Wildman–Crippen LogP) is 9.95. The average Bonchev–Trinajstić information content (AvgIpc) is 4.23. The van der Waals surface area contributed by atoms with E-state index in [0.29, 0.717) is 44.9 Å². The molecule has 4 fully saturated rings. The van der Waals surface area contributed by atoms with Gasteiger partial charge in [-0.2, -0.15) is 10.2 Å². The number of phenols is 2. The molecule has 6 aromatic rings. The molecule has 20 heteroatoms. The summed E-state index contributed by atoms with van der Waals surface area (Å²) in [5.41, 5.74) is 3.32. The summed E-state index contributed by atoms with van der Waals surface area (Å²) in [6.45, 7) is 16.5. The molecule has 4 aliphatic rings. The number of phenolic OH excluding ortho intramolecular Hbond substituents is 2. The first-order valence-corrected chi connectivity index (χ1v) is 27.1. The summed E-state index contributed by atoms with van der Waals surface area (Å²) < 4.78 is 40.4. The van der Waals surface area contributed by atoms with Crippen LogP contribution in [0.2, 0.25) is 0 Å². The van der Waals surface area contributed by atoms with E-state index in [1.54, 1.807) is 21.9 Å². The molecular formula is C56H72BBrN6O12. The van der Waals surface area contributed by atoms with E-state index in [2.05, 4.69) is 38.3 Å². The molecule has 4 atom stereocenters. The van der Waals surface area contributed by atoms with Crippen molar-refractivity contribution in [1.29, 1.82) is 0 Å². The molecule has 76 heavy (non-hydrogen) atoms. The lowest BCUT2D eigenvalue weighted by molar-refractivity contribution is -0.0367. The second-order valence-electron chi connectivity index (χ2n) is 21.9. The molecule has 2 aromatic heterocycles. The first-order valence-electron chi connectivity index (χ1n) is 26.3. The molecule has 10 rings (SSSR count). The summed E-state index contributed by atoms with van der Waals surface area (Å²) in [5, 5.41) is 46.9. The number of carbonyl (C=O) groups is 2. The van der Waals surface area contributed by atoms with E-state index in [-0.39, 0.29) is 48.0 Å². The van der Waals surface area contributed by atoms with Gasteiger partial charge in [0, 0.05) is 55.7 Å². The fraction of sp³-hybridized carbons (Fsp3) is 0.500. The number of benzene rings is 4. The van der Waals surface area contributed by atoms with Crippen LogP contribution in [-0.2, 0) is 18.9 Å². The van der Waals surface area contributed by atoms with Crippen LogP contribution in [0.1, 0.15) is 105 Å². The fourth-order valence-electron chi connectivity index (χ4n) is 9.53. The Kier molecular flexibility index (Phi) is 18.4. The second-order valence-corrected chi connectivity index (χ2v) is 22.8. The number of nitrogens with zero attached hydrogens (tertiary/aromatic N) is 6. The maximum atomic E-state index is 12.5. The third-order valence-electron chi connectivity index (χ3n) is 13.4. The minimum absolute atomic E-state index is 0.0179. The van der Waals surface area contributed by atoms with Crippen molar-refractivity contribution in [2.75, 3.05) is 52.6 Å². The summed E-state index contributed by atoms with van der Waals surface area (Å²) in [5.74, 6) is 2.41. The van der Waals surface area contributed by atoms with Gasteiger partial charge in [-0.3, -0.25) is 0 Å². The third-order valence-corrected chi connectivity index (χ3v) is 13.9. The maximum Gasteiger partial charge on any atom is 0.488 e. The van der Waals surface area contributed by atoms with Crippen molar-refractivity contribution >= 4 is 62.5 Å². The standard InChI is InChI=1S/C28H35N3O5.C22H30BrN3O4.C6H7BO3/c1-28(2,3)36-27(33)30-12-11-19(17-30)18-35-25-15-21(20-7-9-22(32)10-8-20)14-24-23(25)16-29-31(24)26-6-4-5-13-34-26;1-22(2,3)30-21(27)25-8-7-15(13-25)14-29-19-11-16(23)10-18-17(19)12-24-26(18)20-6-4-5-9-28-20;8-6-3-1-5(2-4-6)7(9)10/h7-10,14-16,19,26,32H,4-6,11-13,17-18H2,1-3H3;10-12,15,20H,4-9,13-14H2,1-3H3;1-4,8-10H/t19-,26?;15-,20?;/m00./s1. The molecule has 0 aliphatic carbocycles. The minimum atomic E-state index is -1.46. The number of halogens is 1. The molecule has 0 bridgehead atoms. The predicted molar refractivity (Wildman–Crippen MR) is 293 cm³/mol. The lowest BCUT2D eigenvalue weighted by atomic mass is 9.80. The van der Waals surface area contributed by atoms with E-state index in [1.807, 2.05) is 87.6 Å². The molecule has 408 valence electrons. The Hall–Kier alpha value is -6.06. The van der Waals surface area contributed by atoms with Gasteiger partial charge in [0.2, 0.25) is 0 Å². The molecular weight excluding hydrogens is 1040 g/mol. The normalized spacial score (nSPS) is 19.9. The Morgan fingerprint density at radius 2 is 1.09 bits per heavy atom. The second kappa shape index (κ2) is 25.0. The molecule has 4 saturated heterocycles. The van der Waals surface area contributed by atoms with E-state index in [9.17, 15) is 14.7 Å². The number of aromatic hydroxyl groups is 2. The molecule has 4 aromatic carbocycles. The Morgan fingerprint density at radius 3 is 1.54 bits per heavy atom. The Morgan fingerprint density at radius 1 is 0.632 bits per heavy atom. The molecule has 0 spiro atoms. The van der Waals surface area contributed by atoms with Crippen LogP contribution in [0.15, 0.2) is 89.7 Å². The first-order chi connectivity index (χ1) is 36.3. The summed E-state index contributed by atoms with van der Waals surface area (Å²) in [4.78, 5) is 28.3. The number of aromatic nitrogens is 4. The summed E-state index contributed by atoms with van der Waals surface area (Å²) in [6.07, 6.45) is 11.2. The largest absolute Gasteiger partial charge is 0.508 e. The quantitative estimate of drug-likeness (QED) is 0.0941. The van der Waals surface area contributed by atoms with Crippen molar-refractivity contribution in [2.45, 2.75) is 117 Å². The minimum Gasteiger partial charge on any atom is -0.508 e. The third kappa shape index (κ3) is 15.1. The van der Waals surface area contributed by atoms with Crippen molar-refractivity contribution < 1.29 is 58.3 Å². The molecule has 2 amide bonds. The first kappa shape index (κ1) is 56.2. The summed E-state index contributed by atoms with van der Waals surface area (Å²) in [7, 11) is -1.46. The lowest BCUT2D eigenvalue weighted by Crippen LogP contribution is -2.35. The topological polar surface area (TPSA) is 213 Å². The lowest BCUT2D eigenvalue weighted by Gasteiger charge is -2.24. The SMILES string of the molecule is CC(C)(C)OC(=O)N1CC[C@H](COc2cc(-c3ccc(O)cc3)cc3c2cnn3C2CCCCO2)C1.CC(C)(C)OC(=O)N1CC[C@H](COc2cc(Br)cc3c2cnn3C2CCCCO2)C1.OB(O)c1ccc(O)cc1. The van der Waals surface area contributed by atoms with Gasteiger partial charge in [0.1, 0.15) is 34.2 Å². The van der Waals surface area contributed by atoms with Crippen LogP contribution < -0.4 is 14.9 Å². The van der Waals surface area contributed by atoms with Crippen LogP contribution in [0, 0.1) is 11.8 Å². The van der Waals surface area contributed by atoms with E-state index in [1.165, 1.54) is 24.3 Å². The van der Waals surface area contributed by atoms with Crippen LogP contribution in [0.4, 0.5) is 9.59 Å². The molecule has 6 heterocycles. The van der Waals surface area contributed by atoms with Gasteiger partial charge >= 0.3 is 19.3 Å². The van der Waals surface area contributed by atoms with E-state index in [0.717, 1.165) is 113 Å². The number of rotatable bonds is 10. The van der Waals surface area contributed by atoms with Gasteiger partial charge in [-0.15, -0.1) is 0 Å². The zero-order valence-electron chi connectivity index (χ0n) is 44.4. The maximum absolute atomic E-state index is 12.5. The number of amides is 2.